The van der Waals surface area contributed by atoms with Crippen LogP contribution in [0.15, 0.2) is 36.5 Å². The van der Waals surface area contributed by atoms with Gasteiger partial charge in [0.1, 0.15) is 5.15 Å². The summed E-state index contributed by atoms with van der Waals surface area (Å²) in [6.45, 7) is 0. The Bertz CT molecular complexity index is 546. The number of nitro groups is 1. The lowest BCUT2D eigenvalue weighted by molar-refractivity contribution is -0.385. The lowest BCUT2D eigenvalue weighted by atomic mass is 10.2. The van der Waals surface area contributed by atoms with Crippen molar-refractivity contribution in [2.45, 2.75) is 6.42 Å². The monoisotopic (exact) mass is 249 g/mol. The van der Waals surface area contributed by atoms with Crippen LogP contribution in [0.2, 0.25) is 5.15 Å². The molecule has 17 heavy (non-hydrogen) atoms. The largest absolute Gasteiger partial charge is 0.274 e. The third-order valence-electron chi connectivity index (χ3n) is 2.13. The van der Waals surface area contributed by atoms with E-state index in [1.54, 1.807) is 12.3 Å². The van der Waals surface area contributed by atoms with E-state index < -0.39 is 4.92 Å². The van der Waals surface area contributed by atoms with Gasteiger partial charge in [0.2, 0.25) is 0 Å². The van der Waals surface area contributed by atoms with Crippen molar-refractivity contribution in [1.82, 2.24) is 9.97 Å². The van der Waals surface area contributed by atoms with Crippen LogP contribution in [-0.2, 0) is 6.42 Å². The molecule has 0 N–H and O–H groups in total. The molecule has 0 aliphatic carbocycles. The summed E-state index contributed by atoms with van der Waals surface area (Å²) >= 11 is 5.72. The van der Waals surface area contributed by atoms with Crippen LogP contribution in [0.3, 0.4) is 0 Å². The number of nitrogens with zero attached hydrogens (tertiary/aromatic N) is 3. The lowest BCUT2D eigenvalue weighted by Crippen LogP contribution is -1.97. The zero-order valence-electron chi connectivity index (χ0n) is 8.71. The van der Waals surface area contributed by atoms with E-state index in [-0.39, 0.29) is 10.8 Å². The highest BCUT2D eigenvalue weighted by atomic mass is 35.5. The summed E-state index contributed by atoms with van der Waals surface area (Å²) in [6, 6.07) is 8.11. The van der Waals surface area contributed by atoms with E-state index in [2.05, 4.69) is 9.97 Å². The second-order valence-electron chi connectivity index (χ2n) is 3.39. The van der Waals surface area contributed by atoms with Gasteiger partial charge in [-0.1, -0.05) is 17.7 Å². The highest BCUT2D eigenvalue weighted by Crippen LogP contribution is 2.18. The first-order valence-corrected chi connectivity index (χ1v) is 5.24. The van der Waals surface area contributed by atoms with Gasteiger partial charge in [0.05, 0.1) is 16.7 Å². The van der Waals surface area contributed by atoms with Crippen LogP contribution in [-0.4, -0.2) is 14.9 Å². The van der Waals surface area contributed by atoms with Gasteiger partial charge in [-0.2, -0.15) is 0 Å². The van der Waals surface area contributed by atoms with Crippen LogP contribution < -0.4 is 0 Å². The lowest BCUT2D eigenvalue weighted by Gasteiger charge is -2.01. The minimum atomic E-state index is -0.491. The molecular weight excluding hydrogens is 242 g/mol. The van der Waals surface area contributed by atoms with Gasteiger partial charge in [0.15, 0.2) is 0 Å². The van der Waals surface area contributed by atoms with Gasteiger partial charge in [-0.05, 0) is 12.1 Å². The van der Waals surface area contributed by atoms with Crippen LogP contribution in [0, 0.1) is 10.1 Å². The number of pyridine rings is 2. The fraction of sp³-hybridized carbons (Fsp3) is 0.0909. The Morgan fingerprint density at radius 2 is 2.12 bits per heavy atom. The maximum absolute atomic E-state index is 10.7. The SMILES string of the molecule is O=[N+]([O-])c1cc(Cl)nc(Cc2ccccn2)c1. The summed E-state index contributed by atoms with van der Waals surface area (Å²) in [5, 5.41) is 10.8. The van der Waals surface area contributed by atoms with Gasteiger partial charge in [-0.15, -0.1) is 0 Å². The molecule has 0 bridgehead atoms. The van der Waals surface area contributed by atoms with E-state index in [0.29, 0.717) is 12.1 Å². The van der Waals surface area contributed by atoms with E-state index in [4.69, 9.17) is 11.6 Å². The fourth-order valence-corrected chi connectivity index (χ4v) is 1.64. The molecule has 0 aromatic carbocycles. The maximum Gasteiger partial charge on any atom is 0.274 e. The van der Waals surface area contributed by atoms with E-state index in [9.17, 15) is 10.1 Å². The number of halogens is 1. The third kappa shape index (κ3) is 2.98. The van der Waals surface area contributed by atoms with Crippen LogP contribution in [0.5, 0.6) is 0 Å². The van der Waals surface area contributed by atoms with Crippen LogP contribution >= 0.6 is 11.6 Å². The van der Waals surface area contributed by atoms with Crippen molar-refractivity contribution < 1.29 is 4.92 Å². The Labute approximate surface area is 102 Å². The first-order valence-electron chi connectivity index (χ1n) is 4.86. The fourth-order valence-electron chi connectivity index (χ4n) is 1.42. The first kappa shape index (κ1) is 11.5. The smallest absolute Gasteiger partial charge is 0.261 e. The Morgan fingerprint density at radius 1 is 1.29 bits per heavy atom. The van der Waals surface area contributed by atoms with Crippen LogP contribution in [0.25, 0.3) is 0 Å². The van der Waals surface area contributed by atoms with Gasteiger partial charge >= 0.3 is 0 Å². The molecule has 2 heterocycles. The molecular formula is C11H8ClN3O2. The minimum Gasteiger partial charge on any atom is -0.261 e. The first-order chi connectivity index (χ1) is 8.15. The Balaban J connectivity index is 2.30. The van der Waals surface area contributed by atoms with Gasteiger partial charge in [-0.25, -0.2) is 4.98 Å². The topological polar surface area (TPSA) is 68.9 Å². The summed E-state index contributed by atoms with van der Waals surface area (Å²) in [6.07, 6.45) is 2.08. The van der Waals surface area contributed by atoms with Crippen molar-refractivity contribution in [2.24, 2.45) is 0 Å². The molecule has 0 aliphatic rings. The Kier molecular flexibility index (Phi) is 3.30. The van der Waals surface area contributed by atoms with Gasteiger partial charge < -0.3 is 0 Å². The molecule has 2 rings (SSSR count). The predicted molar refractivity (Wildman–Crippen MR) is 62.9 cm³/mol. The number of aromatic nitrogens is 2. The third-order valence-corrected chi connectivity index (χ3v) is 2.32. The number of rotatable bonds is 3. The van der Waals surface area contributed by atoms with E-state index in [1.807, 2.05) is 12.1 Å². The number of hydrogen-bond acceptors (Lipinski definition) is 4. The molecule has 86 valence electrons. The molecule has 0 radical (unpaired) electrons. The number of hydrogen-bond donors (Lipinski definition) is 0. The summed E-state index contributed by atoms with van der Waals surface area (Å²) < 4.78 is 0. The van der Waals surface area contributed by atoms with Crippen LogP contribution in [0.4, 0.5) is 5.69 Å². The summed E-state index contributed by atoms with van der Waals surface area (Å²) in [5.74, 6) is 0. The normalized spacial score (nSPS) is 10.2. The molecule has 5 nitrogen and oxygen atoms in total. The van der Waals surface area contributed by atoms with Crippen molar-refractivity contribution in [1.29, 1.82) is 0 Å². The second kappa shape index (κ2) is 4.88. The van der Waals surface area contributed by atoms with E-state index in [0.717, 1.165) is 5.69 Å². The molecule has 0 fully saturated rings. The average Bonchev–Trinajstić information content (AvgIpc) is 2.29. The van der Waals surface area contributed by atoms with Crippen molar-refractivity contribution in [3.63, 3.8) is 0 Å². The highest BCUT2D eigenvalue weighted by molar-refractivity contribution is 6.29. The van der Waals surface area contributed by atoms with Gasteiger partial charge in [0, 0.05) is 24.4 Å². The van der Waals surface area contributed by atoms with Crippen molar-refractivity contribution >= 4 is 17.3 Å². The Morgan fingerprint density at radius 3 is 2.76 bits per heavy atom. The zero-order chi connectivity index (χ0) is 12.3. The molecule has 0 unspecified atom stereocenters. The molecule has 6 heteroatoms. The average molecular weight is 250 g/mol. The van der Waals surface area contributed by atoms with Gasteiger partial charge in [0.25, 0.3) is 5.69 Å². The van der Waals surface area contributed by atoms with E-state index >= 15 is 0 Å². The van der Waals surface area contributed by atoms with Crippen molar-refractivity contribution in [3.05, 3.63) is 63.2 Å². The Hall–Kier alpha value is -2.01. The second-order valence-corrected chi connectivity index (χ2v) is 3.78. The molecule has 0 saturated carbocycles. The van der Waals surface area contributed by atoms with Crippen molar-refractivity contribution in [3.8, 4) is 0 Å². The predicted octanol–water partition coefficient (Wildman–Crippen LogP) is 2.63. The molecule has 0 saturated heterocycles. The van der Waals surface area contributed by atoms with Gasteiger partial charge in [-0.3, -0.25) is 15.1 Å². The quantitative estimate of drug-likeness (QED) is 0.476. The zero-order valence-corrected chi connectivity index (χ0v) is 9.46. The maximum atomic E-state index is 10.7. The molecule has 2 aromatic heterocycles. The minimum absolute atomic E-state index is 0.0593. The molecule has 0 amide bonds. The summed E-state index contributed by atoms with van der Waals surface area (Å²) in [4.78, 5) is 18.3. The van der Waals surface area contributed by atoms with E-state index in [1.165, 1.54) is 12.1 Å². The molecule has 0 spiro atoms. The standard InChI is InChI=1S/C11H8ClN3O2/c12-11-7-10(15(16)17)6-9(14-11)5-8-3-1-2-4-13-8/h1-4,6-7H,5H2. The molecule has 0 aliphatic heterocycles. The highest BCUT2D eigenvalue weighted by Gasteiger charge is 2.10. The molecule has 0 atom stereocenters. The van der Waals surface area contributed by atoms with Crippen LogP contribution in [0.1, 0.15) is 11.4 Å². The summed E-state index contributed by atoms with van der Waals surface area (Å²) in [5.41, 5.74) is 1.26. The summed E-state index contributed by atoms with van der Waals surface area (Å²) in [7, 11) is 0. The van der Waals surface area contributed by atoms with Crippen molar-refractivity contribution in [2.75, 3.05) is 0 Å². The molecule has 2 aromatic rings.